The molecule has 72 valence electrons. The first-order chi connectivity index (χ1) is 6.00. The molecule has 2 N–H and O–H groups in total. The molecule has 3 heteroatoms. The number of Topliss-reactive ketones (excluding diaryl/α,β-unsaturated/α-hetero) is 1. The number of hydrogen-bond acceptors (Lipinski definition) is 3. The summed E-state index contributed by atoms with van der Waals surface area (Å²) in [5.41, 5.74) is 6.11. The number of ketones is 1. The van der Waals surface area contributed by atoms with Crippen LogP contribution in [-0.2, 0) is 0 Å². The molecule has 1 heterocycles. The zero-order valence-electron chi connectivity index (χ0n) is 8.26. The van der Waals surface area contributed by atoms with Gasteiger partial charge >= 0.3 is 0 Å². The zero-order chi connectivity index (χ0) is 10.0. The largest absolute Gasteiger partial charge is 0.456 e. The molecule has 0 unspecified atom stereocenters. The van der Waals surface area contributed by atoms with Crippen molar-refractivity contribution in [2.75, 3.05) is 5.73 Å². The van der Waals surface area contributed by atoms with Gasteiger partial charge in [0.2, 0.25) is 0 Å². The summed E-state index contributed by atoms with van der Waals surface area (Å²) in [4.78, 5) is 11.5. The van der Waals surface area contributed by atoms with Crippen molar-refractivity contribution in [3.8, 4) is 0 Å². The van der Waals surface area contributed by atoms with E-state index < -0.39 is 0 Å². The predicted molar refractivity (Wildman–Crippen MR) is 51.6 cm³/mol. The lowest BCUT2D eigenvalue weighted by Crippen LogP contribution is -2.01. The number of carbonyl (C=O) groups excluding carboxylic acids is 1. The van der Waals surface area contributed by atoms with E-state index in [1.165, 1.54) is 0 Å². The second kappa shape index (κ2) is 3.64. The number of carbonyl (C=O) groups is 1. The van der Waals surface area contributed by atoms with E-state index in [0.717, 1.165) is 0 Å². The summed E-state index contributed by atoms with van der Waals surface area (Å²) in [5.74, 6) is 1.37. The molecule has 0 atom stereocenters. The number of anilines is 1. The number of aryl methyl sites for hydroxylation is 1. The van der Waals surface area contributed by atoms with Crippen LogP contribution >= 0.6 is 0 Å². The minimum absolute atomic E-state index is 0.0230. The van der Waals surface area contributed by atoms with Crippen LogP contribution in [-0.4, -0.2) is 5.78 Å². The van der Waals surface area contributed by atoms with Crippen molar-refractivity contribution in [1.29, 1.82) is 0 Å². The molecule has 0 amide bonds. The molecule has 0 spiro atoms. The molecular formula is C10H15NO2. The van der Waals surface area contributed by atoms with E-state index in [1.807, 2.05) is 13.8 Å². The molecule has 0 saturated heterocycles. The fourth-order valence-corrected chi connectivity index (χ4v) is 1.10. The van der Waals surface area contributed by atoms with Gasteiger partial charge < -0.3 is 10.2 Å². The summed E-state index contributed by atoms with van der Waals surface area (Å²) in [7, 11) is 0. The van der Waals surface area contributed by atoms with Crippen molar-refractivity contribution >= 4 is 11.5 Å². The smallest absolute Gasteiger partial charge is 0.198 e. The Morgan fingerprint density at radius 2 is 2.23 bits per heavy atom. The highest BCUT2D eigenvalue weighted by atomic mass is 16.3. The Kier molecular flexibility index (Phi) is 2.76. The third-order valence-corrected chi connectivity index (χ3v) is 1.82. The molecule has 0 aliphatic heterocycles. The molecule has 0 aliphatic rings. The van der Waals surface area contributed by atoms with Gasteiger partial charge in [-0.05, 0) is 12.8 Å². The molecule has 0 aromatic carbocycles. The van der Waals surface area contributed by atoms with Gasteiger partial charge in [-0.3, -0.25) is 4.79 Å². The Hall–Kier alpha value is -1.25. The fourth-order valence-electron chi connectivity index (χ4n) is 1.10. The van der Waals surface area contributed by atoms with E-state index >= 15 is 0 Å². The normalized spacial score (nSPS) is 10.8. The topological polar surface area (TPSA) is 56.2 Å². The summed E-state index contributed by atoms with van der Waals surface area (Å²) in [6.07, 6.45) is 0.506. The molecule has 0 bridgehead atoms. The van der Waals surface area contributed by atoms with Crippen molar-refractivity contribution < 1.29 is 9.21 Å². The van der Waals surface area contributed by atoms with Crippen LogP contribution in [0.2, 0.25) is 0 Å². The van der Waals surface area contributed by atoms with Crippen LogP contribution in [0, 0.1) is 12.8 Å². The van der Waals surface area contributed by atoms with E-state index in [4.69, 9.17) is 10.2 Å². The third kappa shape index (κ3) is 2.34. The molecule has 1 aromatic heterocycles. The SMILES string of the molecule is Cc1oc(C(=O)CC(C)C)cc1N. The maximum atomic E-state index is 11.5. The van der Waals surface area contributed by atoms with Gasteiger partial charge in [0.05, 0.1) is 5.69 Å². The zero-order valence-corrected chi connectivity index (χ0v) is 8.26. The van der Waals surface area contributed by atoms with Crippen LogP contribution in [0.1, 0.15) is 36.6 Å². The molecule has 0 aliphatic carbocycles. The molecule has 0 radical (unpaired) electrons. The van der Waals surface area contributed by atoms with Gasteiger partial charge in [-0.1, -0.05) is 13.8 Å². The maximum Gasteiger partial charge on any atom is 0.198 e. The number of nitrogens with two attached hydrogens (primary N) is 1. The lowest BCUT2D eigenvalue weighted by molar-refractivity contribution is 0.0939. The predicted octanol–water partition coefficient (Wildman–Crippen LogP) is 2.40. The highest BCUT2D eigenvalue weighted by molar-refractivity contribution is 5.94. The minimum atomic E-state index is 0.0230. The van der Waals surface area contributed by atoms with Crippen molar-refractivity contribution in [3.63, 3.8) is 0 Å². The van der Waals surface area contributed by atoms with Crippen molar-refractivity contribution in [2.45, 2.75) is 27.2 Å². The molecule has 13 heavy (non-hydrogen) atoms. The van der Waals surface area contributed by atoms with Crippen molar-refractivity contribution in [1.82, 2.24) is 0 Å². The fraction of sp³-hybridized carbons (Fsp3) is 0.500. The van der Waals surface area contributed by atoms with Crippen molar-refractivity contribution in [3.05, 3.63) is 17.6 Å². The Morgan fingerprint density at radius 3 is 2.62 bits per heavy atom. The van der Waals surface area contributed by atoms with Crippen LogP contribution in [0.4, 0.5) is 5.69 Å². The molecule has 0 fully saturated rings. The first-order valence-electron chi connectivity index (χ1n) is 4.39. The van der Waals surface area contributed by atoms with Crippen LogP contribution in [0.5, 0.6) is 0 Å². The quantitative estimate of drug-likeness (QED) is 0.728. The minimum Gasteiger partial charge on any atom is -0.456 e. The van der Waals surface area contributed by atoms with E-state index in [0.29, 0.717) is 29.5 Å². The Labute approximate surface area is 77.9 Å². The van der Waals surface area contributed by atoms with Gasteiger partial charge in [-0.2, -0.15) is 0 Å². The van der Waals surface area contributed by atoms with Gasteiger partial charge in [-0.15, -0.1) is 0 Å². The van der Waals surface area contributed by atoms with E-state index in [-0.39, 0.29) is 5.78 Å². The Balaban J connectivity index is 2.77. The summed E-state index contributed by atoms with van der Waals surface area (Å²) in [6, 6.07) is 1.60. The number of nitrogen functional groups attached to an aromatic ring is 1. The van der Waals surface area contributed by atoms with E-state index in [9.17, 15) is 4.79 Å². The highest BCUT2D eigenvalue weighted by Gasteiger charge is 2.13. The summed E-state index contributed by atoms with van der Waals surface area (Å²) < 4.78 is 5.20. The molecular weight excluding hydrogens is 166 g/mol. The van der Waals surface area contributed by atoms with Gasteiger partial charge in [0.15, 0.2) is 11.5 Å². The maximum absolute atomic E-state index is 11.5. The van der Waals surface area contributed by atoms with Crippen LogP contribution in [0.3, 0.4) is 0 Å². The average molecular weight is 181 g/mol. The second-order valence-corrected chi connectivity index (χ2v) is 3.64. The monoisotopic (exact) mass is 181 g/mol. The van der Waals surface area contributed by atoms with E-state index in [2.05, 4.69) is 0 Å². The van der Waals surface area contributed by atoms with Crippen LogP contribution in [0.15, 0.2) is 10.5 Å². The lowest BCUT2D eigenvalue weighted by atomic mass is 10.1. The number of hydrogen-bond donors (Lipinski definition) is 1. The number of rotatable bonds is 3. The van der Waals surface area contributed by atoms with Crippen molar-refractivity contribution in [2.24, 2.45) is 5.92 Å². The first kappa shape index (κ1) is 9.84. The van der Waals surface area contributed by atoms with Gasteiger partial charge in [0.25, 0.3) is 0 Å². The molecule has 1 aromatic rings. The number of furan rings is 1. The highest BCUT2D eigenvalue weighted by Crippen LogP contribution is 2.18. The summed E-state index contributed by atoms with van der Waals surface area (Å²) in [5, 5.41) is 0. The van der Waals surface area contributed by atoms with E-state index in [1.54, 1.807) is 13.0 Å². The first-order valence-corrected chi connectivity index (χ1v) is 4.39. The summed E-state index contributed by atoms with van der Waals surface area (Å²) >= 11 is 0. The van der Waals surface area contributed by atoms with Crippen LogP contribution < -0.4 is 5.73 Å². The molecule has 1 rings (SSSR count). The molecule has 0 saturated carbocycles. The van der Waals surface area contributed by atoms with Gasteiger partial charge in [0.1, 0.15) is 5.76 Å². The summed E-state index contributed by atoms with van der Waals surface area (Å²) in [6.45, 7) is 5.75. The molecule has 3 nitrogen and oxygen atoms in total. The Bertz CT molecular complexity index is 293. The lowest BCUT2D eigenvalue weighted by Gasteiger charge is -1.99. The second-order valence-electron chi connectivity index (χ2n) is 3.64. The average Bonchev–Trinajstić information content (AvgIpc) is 2.31. The van der Waals surface area contributed by atoms with Crippen LogP contribution in [0.25, 0.3) is 0 Å². The van der Waals surface area contributed by atoms with Gasteiger partial charge in [-0.25, -0.2) is 0 Å². The Morgan fingerprint density at radius 1 is 1.62 bits per heavy atom. The standard InChI is InChI=1S/C10H15NO2/c1-6(2)4-9(12)10-5-8(11)7(3)13-10/h5-6H,4,11H2,1-3H3. The third-order valence-electron chi connectivity index (χ3n) is 1.82. The van der Waals surface area contributed by atoms with Gasteiger partial charge in [0, 0.05) is 12.5 Å².